The number of aromatic nitrogens is 1. The summed E-state index contributed by atoms with van der Waals surface area (Å²) >= 11 is 3.16. The van der Waals surface area contributed by atoms with E-state index in [4.69, 9.17) is 4.74 Å². The van der Waals surface area contributed by atoms with E-state index < -0.39 is 23.4 Å². The molecule has 1 aliphatic rings. The molecule has 0 spiro atoms. The molecular formula is C20H17BrF4N2O3. The Kier molecular flexibility index (Phi) is 6.16. The molecule has 0 unspecified atom stereocenters. The molecule has 1 heterocycles. The highest BCUT2D eigenvalue weighted by Gasteiger charge is 2.64. The lowest BCUT2D eigenvalue weighted by atomic mass is 10.0. The highest BCUT2D eigenvalue weighted by atomic mass is 79.9. The third-order valence-corrected chi connectivity index (χ3v) is 5.43. The Morgan fingerprint density at radius 2 is 1.93 bits per heavy atom. The summed E-state index contributed by atoms with van der Waals surface area (Å²) in [7, 11) is 1.41. The SMILES string of the molecule is COc1cc(CC(=O)Cc2ccnc(C(=O)NC3(C(F)(F)F)CC3)c2)c(F)cc1Br. The van der Waals surface area contributed by atoms with Crippen LogP contribution in [0.15, 0.2) is 34.9 Å². The Bertz CT molecular complexity index is 991. The Morgan fingerprint density at radius 3 is 2.53 bits per heavy atom. The molecular weight excluding hydrogens is 472 g/mol. The molecule has 0 radical (unpaired) electrons. The van der Waals surface area contributed by atoms with Crippen LogP contribution in [0.4, 0.5) is 17.6 Å². The molecule has 1 amide bonds. The monoisotopic (exact) mass is 488 g/mol. The van der Waals surface area contributed by atoms with Crippen LogP contribution in [-0.2, 0) is 17.6 Å². The molecule has 1 N–H and O–H groups in total. The first-order valence-electron chi connectivity index (χ1n) is 8.92. The molecule has 0 saturated heterocycles. The molecule has 3 rings (SSSR count). The van der Waals surface area contributed by atoms with Crippen molar-refractivity contribution in [3.05, 3.63) is 57.6 Å². The van der Waals surface area contributed by atoms with Gasteiger partial charge in [0.25, 0.3) is 5.91 Å². The van der Waals surface area contributed by atoms with Gasteiger partial charge in [0.15, 0.2) is 0 Å². The first-order valence-corrected chi connectivity index (χ1v) is 9.72. The number of rotatable bonds is 7. The van der Waals surface area contributed by atoms with Crippen LogP contribution in [0.2, 0.25) is 0 Å². The van der Waals surface area contributed by atoms with Gasteiger partial charge in [-0.1, -0.05) is 0 Å². The zero-order chi connectivity index (χ0) is 22.1. The minimum Gasteiger partial charge on any atom is -0.496 e. The number of nitrogens with one attached hydrogen (secondary N) is 1. The van der Waals surface area contributed by atoms with Crippen molar-refractivity contribution < 1.29 is 31.9 Å². The summed E-state index contributed by atoms with van der Waals surface area (Å²) in [5.41, 5.74) is -1.88. The molecule has 0 atom stereocenters. The van der Waals surface area contributed by atoms with Crippen molar-refractivity contribution in [3.8, 4) is 5.75 Å². The molecule has 1 saturated carbocycles. The van der Waals surface area contributed by atoms with Crippen LogP contribution >= 0.6 is 15.9 Å². The van der Waals surface area contributed by atoms with Crippen LogP contribution in [-0.4, -0.2) is 35.5 Å². The number of methoxy groups -OCH3 is 1. The smallest absolute Gasteiger partial charge is 0.411 e. The molecule has 1 fully saturated rings. The van der Waals surface area contributed by atoms with Crippen molar-refractivity contribution >= 4 is 27.6 Å². The number of nitrogens with zero attached hydrogens (tertiary/aromatic N) is 1. The van der Waals surface area contributed by atoms with E-state index in [1.807, 2.05) is 5.32 Å². The summed E-state index contributed by atoms with van der Waals surface area (Å²) in [6.07, 6.45) is -3.99. The second kappa shape index (κ2) is 8.33. The number of hydrogen-bond donors (Lipinski definition) is 1. The van der Waals surface area contributed by atoms with Crippen LogP contribution in [0.5, 0.6) is 5.75 Å². The van der Waals surface area contributed by atoms with Gasteiger partial charge >= 0.3 is 6.18 Å². The van der Waals surface area contributed by atoms with Crippen LogP contribution in [0.1, 0.15) is 34.5 Å². The third kappa shape index (κ3) is 4.80. The van der Waals surface area contributed by atoms with E-state index in [0.717, 1.165) is 0 Å². The van der Waals surface area contributed by atoms with Gasteiger partial charge in [-0.25, -0.2) is 4.39 Å². The van der Waals surface area contributed by atoms with Gasteiger partial charge in [-0.3, -0.25) is 14.6 Å². The number of hydrogen-bond acceptors (Lipinski definition) is 4. The summed E-state index contributed by atoms with van der Waals surface area (Å²) in [5, 5.41) is 1.99. The van der Waals surface area contributed by atoms with Crippen molar-refractivity contribution in [1.82, 2.24) is 10.3 Å². The molecule has 1 aliphatic carbocycles. The zero-order valence-corrected chi connectivity index (χ0v) is 17.4. The standard InChI is InChI=1S/C20H17BrF4N2O3/c1-30-17-9-12(15(22)10-14(17)21)8-13(28)6-11-2-5-26-16(7-11)18(29)27-19(3-4-19)20(23,24)25/h2,5,7,9-10H,3-4,6,8H2,1H3,(H,27,29). The second-order valence-electron chi connectivity index (χ2n) is 7.05. The van der Waals surface area contributed by atoms with E-state index in [1.165, 1.54) is 37.6 Å². The van der Waals surface area contributed by atoms with E-state index in [9.17, 15) is 27.2 Å². The number of carbonyl (C=O) groups is 2. The van der Waals surface area contributed by atoms with E-state index in [2.05, 4.69) is 20.9 Å². The number of amides is 1. The Balaban J connectivity index is 1.68. The van der Waals surface area contributed by atoms with Gasteiger partial charge in [-0.15, -0.1) is 0 Å². The highest BCUT2D eigenvalue weighted by Crippen LogP contribution is 2.49. The highest BCUT2D eigenvalue weighted by molar-refractivity contribution is 9.10. The van der Waals surface area contributed by atoms with Gasteiger partial charge in [0, 0.05) is 19.0 Å². The van der Waals surface area contributed by atoms with Crippen LogP contribution in [0.25, 0.3) is 0 Å². The third-order valence-electron chi connectivity index (χ3n) is 4.81. The predicted octanol–water partition coefficient (Wildman–Crippen LogP) is 4.17. The van der Waals surface area contributed by atoms with Crippen LogP contribution in [0.3, 0.4) is 0 Å². The summed E-state index contributed by atoms with van der Waals surface area (Å²) < 4.78 is 58.7. The molecule has 160 valence electrons. The number of carbonyl (C=O) groups excluding carboxylic acids is 2. The van der Waals surface area contributed by atoms with Crippen molar-refractivity contribution in [2.24, 2.45) is 0 Å². The Labute approximate surface area is 178 Å². The maximum Gasteiger partial charge on any atom is 0.411 e. The van der Waals surface area contributed by atoms with Crippen molar-refractivity contribution in [2.45, 2.75) is 37.4 Å². The fourth-order valence-electron chi connectivity index (χ4n) is 2.96. The van der Waals surface area contributed by atoms with Gasteiger partial charge in [-0.05, 0) is 64.2 Å². The van der Waals surface area contributed by atoms with Crippen LogP contribution < -0.4 is 10.1 Å². The molecule has 1 aromatic heterocycles. The summed E-state index contributed by atoms with van der Waals surface area (Å²) in [4.78, 5) is 28.4. The largest absolute Gasteiger partial charge is 0.496 e. The summed E-state index contributed by atoms with van der Waals surface area (Å²) in [6.45, 7) is 0. The summed E-state index contributed by atoms with van der Waals surface area (Å²) in [5.74, 6) is -1.50. The zero-order valence-electron chi connectivity index (χ0n) is 15.8. The minimum absolute atomic E-state index is 0.134. The van der Waals surface area contributed by atoms with Crippen molar-refractivity contribution in [2.75, 3.05) is 7.11 Å². The summed E-state index contributed by atoms with van der Waals surface area (Å²) in [6, 6.07) is 5.35. The van der Waals surface area contributed by atoms with Gasteiger partial charge in [0.05, 0.1) is 11.6 Å². The van der Waals surface area contributed by atoms with E-state index >= 15 is 0 Å². The molecule has 30 heavy (non-hydrogen) atoms. The van der Waals surface area contributed by atoms with E-state index in [0.29, 0.717) is 15.8 Å². The average molecular weight is 489 g/mol. The van der Waals surface area contributed by atoms with Crippen molar-refractivity contribution in [3.63, 3.8) is 0 Å². The fraction of sp³-hybridized carbons (Fsp3) is 0.350. The first-order chi connectivity index (χ1) is 14.0. The number of ketones is 1. The molecule has 5 nitrogen and oxygen atoms in total. The average Bonchev–Trinajstić information content (AvgIpc) is 3.45. The fourth-order valence-corrected chi connectivity index (χ4v) is 3.44. The molecule has 1 aromatic carbocycles. The van der Waals surface area contributed by atoms with E-state index in [1.54, 1.807) is 0 Å². The number of alkyl halides is 3. The number of halogens is 5. The van der Waals surface area contributed by atoms with Gasteiger partial charge in [-0.2, -0.15) is 13.2 Å². The van der Waals surface area contributed by atoms with E-state index in [-0.39, 0.29) is 42.7 Å². The predicted molar refractivity (Wildman–Crippen MR) is 103 cm³/mol. The first kappa shape index (κ1) is 22.2. The molecule has 0 aliphatic heterocycles. The lowest BCUT2D eigenvalue weighted by molar-refractivity contribution is -0.163. The number of pyridine rings is 1. The normalized spacial score (nSPS) is 14.9. The topological polar surface area (TPSA) is 68.3 Å². The maximum absolute atomic E-state index is 14.1. The lowest BCUT2D eigenvalue weighted by Gasteiger charge is -2.20. The maximum atomic E-state index is 14.1. The Morgan fingerprint density at radius 1 is 1.23 bits per heavy atom. The molecule has 2 aromatic rings. The number of benzene rings is 1. The van der Waals surface area contributed by atoms with Gasteiger partial charge in [0.1, 0.15) is 28.6 Å². The number of Topliss-reactive ketones (excluding diaryl/α,β-unsaturated/α-hetero) is 1. The number of ether oxygens (including phenoxy) is 1. The van der Waals surface area contributed by atoms with Gasteiger partial charge < -0.3 is 10.1 Å². The quantitative estimate of drug-likeness (QED) is 0.594. The Hall–Kier alpha value is -2.49. The van der Waals surface area contributed by atoms with Crippen LogP contribution in [0, 0.1) is 5.82 Å². The molecule has 10 heteroatoms. The van der Waals surface area contributed by atoms with Gasteiger partial charge in [0.2, 0.25) is 0 Å². The molecule has 0 bridgehead atoms. The lowest BCUT2D eigenvalue weighted by Crippen LogP contribution is -2.48. The van der Waals surface area contributed by atoms with Crippen molar-refractivity contribution in [1.29, 1.82) is 0 Å². The minimum atomic E-state index is -4.54. The second-order valence-corrected chi connectivity index (χ2v) is 7.91.